The third-order valence-corrected chi connectivity index (χ3v) is 5.84. The molecule has 5 rings (SSSR count). The number of nitrogens with zero attached hydrogens (tertiary/aromatic N) is 6. The van der Waals surface area contributed by atoms with Crippen molar-refractivity contribution < 1.29 is 5.11 Å². The molecule has 0 spiro atoms. The zero-order valence-electron chi connectivity index (χ0n) is 18.5. The van der Waals surface area contributed by atoms with Crippen LogP contribution in [0.5, 0.6) is 0 Å². The minimum absolute atomic E-state index is 0.0184. The Morgan fingerprint density at radius 2 is 2.09 bits per heavy atom. The molecule has 0 amide bonds. The first-order valence-corrected chi connectivity index (χ1v) is 10.9. The van der Waals surface area contributed by atoms with E-state index in [-0.39, 0.29) is 5.56 Å². The zero-order chi connectivity index (χ0) is 22.5. The minimum atomic E-state index is -0.890. The minimum Gasteiger partial charge on any atom is -0.386 e. The molecule has 1 aliphatic heterocycles. The van der Waals surface area contributed by atoms with Crippen molar-refractivity contribution in [3.8, 4) is 0 Å². The van der Waals surface area contributed by atoms with Gasteiger partial charge in [0.2, 0.25) is 5.78 Å². The molecule has 0 fully saturated rings. The highest BCUT2D eigenvalue weighted by molar-refractivity contribution is 6.05. The summed E-state index contributed by atoms with van der Waals surface area (Å²) in [4.78, 5) is 22.3. The molecule has 8 nitrogen and oxygen atoms in total. The fourth-order valence-corrected chi connectivity index (χ4v) is 4.19. The van der Waals surface area contributed by atoms with Gasteiger partial charge in [-0.05, 0) is 31.4 Å². The summed E-state index contributed by atoms with van der Waals surface area (Å²) in [6, 6.07) is 7.88. The van der Waals surface area contributed by atoms with Crippen LogP contribution in [0.3, 0.4) is 0 Å². The molecular weight excluding hydrogens is 404 g/mol. The number of benzene rings is 1. The van der Waals surface area contributed by atoms with Gasteiger partial charge in [0.25, 0.3) is 5.56 Å². The van der Waals surface area contributed by atoms with E-state index < -0.39 is 5.60 Å². The number of imidazole rings is 1. The van der Waals surface area contributed by atoms with Gasteiger partial charge in [0, 0.05) is 37.1 Å². The average Bonchev–Trinajstić information content (AvgIpc) is 3.49. The third kappa shape index (κ3) is 3.46. The molecule has 1 aliphatic rings. The Kier molecular flexibility index (Phi) is 4.82. The molecule has 0 atom stereocenters. The molecule has 0 aliphatic carbocycles. The van der Waals surface area contributed by atoms with Gasteiger partial charge in [0.05, 0.1) is 29.6 Å². The first kappa shape index (κ1) is 20.4. The van der Waals surface area contributed by atoms with Crippen molar-refractivity contribution in [3.63, 3.8) is 0 Å². The lowest BCUT2D eigenvalue weighted by molar-refractivity contribution is 0.0785. The Bertz CT molecular complexity index is 1400. The normalized spacial score (nSPS) is 13.6. The van der Waals surface area contributed by atoms with Crippen LogP contribution in [0.4, 0.5) is 5.82 Å². The van der Waals surface area contributed by atoms with E-state index in [9.17, 15) is 9.90 Å². The van der Waals surface area contributed by atoms with E-state index in [2.05, 4.69) is 10.1 Å². The molecule has 4 aromatic rings. The lowest BCUT2D eigenvalue weighted by Crippen LogP contribution is -2.26. The van der Waals surface area contributed by atoms with Crippen molar-refractivity contribution in [1.29, 1.82) is 0 Å². The van der Waals surface area contributed by atoms with E-state index in [1.54, 1.807) is 30.8 Å². The number of aliphatic hydroxyl groups is 1. The molecule has 1 aromatic carbocycles. The first-order valence-electron chi connectivity index (χ1n) is 10.9. The highest BCUT2D eigenvalue weighted by Crippen LogP contribution is 2.27. The van der Waals surface area contributed by atoms with Gasteiger partial charge in [0.1, 0.15) is 5.82 Å². The monoisotopic (exact) mass is 430 g/mol. The Morgan fingerprint density at radius 1 is 1.25 bits per heavy atom. The Hall–Kier alpha value is -3.52. The lowest BCUT2D eigenvalue weighted by atomic mass is 9.96. The van der Waals surface area contributed by atoms with Gasteiger partial charge in [-0.15, -0.1) is 0 Å². The summed E-state index contributed by atoms with van der Waals surface area (Å²) in [6.07, 6.45) is 8.64. The van der Waals surface area contributed by atoms with Crippen molar-refractivity contribution in [1.82, 2.24) is 23.7 Å². The molecule has 4 heterocycles. The Labute approximate surface area is 185 Å². The van der Waals surface area contributed by atoms with E-state index in [1.165, 1.54) is 0 Å². The van der Waals surface area contributed by atoms with E-state index in [0.29, 0.717) is 36.7 Å². The molecule has 0 radical (unpaired) electrons. The van der Waals surface area contributed by atoms with Crippen molar-refractivity contribution in [2.24, 2.45) is 4.99 Å². The van der Waals surface area contributed by atoms with Crippen LogP contribution in [-0.4, -0.2) is 34.6 Å². The predicted octanol–water partition coefficient (Wildman–Crippen LogP) is 3.06. The largest absolute Gasteiger partial charge is 0.386 e. The van der Waals surface area contributed by atoms with Crippen molar-refractivity contribution >= 4 is 17.3 Å². The summed E-state index contributed by atoms with van der Waals surface area (Å²) >= 11 is 0. The molecule has 8 heteroatoms. The molecule has 0 saturated carbocycles. The van der Waals surface area contributed by atoms with Gasteiger partial charge >= 0.3 is 0 Å². The van der Waals surface area contributed by atoms with Gasteiger partial charge in [-0.1, -0.05) is 31.2 Å². The quantitative estimate of drug-likeness (QED) is 0.509. The second-order valence-electron chi connectivity index (χ2n) is 8.78. The number of aryl methyl sites for hydroxylation is 1. The summed E-state index contributed by atoms with van der Waals surface area (Å²) in [5, 5.41) is 14.8. The van der Waals surface area contributed by atoms with Crippen LogP contribution in [0, 0.1) is 0 Å². The molecule has 0 unspecified atom stereocenters. The molecule has 0 saturated heterocycles. The van der Waals surface area contributed by atoms with Crippen LogP contribution in [0.2, 0.25) is 0 Å². The van der Waals surface area contributed by atoms with Crippen LogP contribution in [-0.2, 0) is 25.1 Å². The summed E-state index contributed by atoms with van der Waals surface area (Å²) in [5.74, 6) is 1.29. The molecular formula is C24H26N6O2. The number of aromatic nitrogens is 5. The van der Waals surface area contributed by atoms with Gasteiger partial charge in [-0.25, -0.2) is 9.98 Å². The molecule has 0 bridgehead atoms. The fraction of sp³-hybridized carbons (Fsp3) is 0.333. The van der Waals surface area contributed by atoms with Crippen LogP contribution in [0.1, 0.15) is 49.4 Å². The van der Waals surface area contributed by atoms with E-state index in [1.807, 2.05) is 52.7 Å². The van der Waals surface area contributed by atoms with Crippen LogP contribution >= 0.6 is 0 Å². The molecule has 32 heavy (non-hydrogen) atoms. The summed E-state index contributed by atoms with van der Waals surface area (Å²) in [6.45, 7) is 6.81. The van der Waals surface area contributed by atoms with Crippen LogP contribution < -0.4 is 5.56 Å². The number of aliphatic imine (C=N–C) groups is 1. The zero-order valence-corrected chi connectivity index (χ0v) is 18.5. The van der Waals surface area contributed by atoms with Gasteiger partial charge < -0.3 is 5.11 Å². The van der Waals surface area contributed by atoms with Gasteiger partial charge in [-0.2, -0.15) is 5.10 Å². The fourth-order valence-electron chi connectivity index (χ4n) is 4.19. The summed E-state index contributed by atoms with van der Waals surface area (Å²) < 4.78 is 5.48. The van der Waals surface area contributed by atoms with E-state index >= 15 is 0 Å². The Morgan fingerprint density at radius 3 is 2.88 bits per heavy atom. The van der Waals surface area contributed by atoms with Crippen molar-refractivity contribution in [3.05, 3.63) is 81.7 Å². The first-order chi connectivity index (χ1) is 15.3. The molecule has 1 N–H and O–H groups in total. The average molecular weight is 431 g/mol. The summed E-state index contributed by atoms with van der Waals surface area (Å²) in [7, 11) is 0. The second-order valence-corrected chi connectivity index (χ2v) is 8.78. The number of hydrogen-bond acceptors (Lipinski definition) is 5. The predicted molar refractivity (Wildman–Crippen MR) is 123 cm³/mol. The highest BCUT2D eigenvalue weighted by Gasteiger charge is 2.25. The lowest BCUT2D eigenvalue weighted by Gasteiger charge is -2.18. The maximum absolute atomic E-state index is 13.1. The maximum atomic E-state index is 13.1. The van der Waals surface area contributed by atoms with E-state index in [0.717, 1.165) is 28.8 Å². The molecule has 3 aromatic heterocycles. The third-order valence-electron chi connectivity index (χ3n) is 5.84. The molecule has 164 valence electrons. The number of hydrogen-bond donors (Lipinski definition) is 1. The van der Waals surface area contributed by atoms with Crippen LogP contribution in [0.15, 0.2) is 58.8 Å². The smallest absolute Gasteiger partial charge is 0.260 e. The standard InChI is InChI=1S/C24H26N6O2/c1-4-9-30-22(31)19-12-20(27-21(19)29-10-8-25-23(29)30)17-13-26-28(15-17)14-16-6-5-7-18(11-16)24(2,3)32/h5-8,10-11,13,15,32H,4,9,12,14H2,1-3H3. The second kappa shape index (κ2) is 7.56. The van der Waals surface area contributed by atoms with Crippen molar-refractivity contribution in [2.75, 3.05) is 0 Å². The van der Waals surface area contributed by atoms with Crippen LogP contribution in [0.25, 0.3) is 5.78 Å². The SMILES string of the molecule is CCCn1c(=O)c2c(n3ccnc13)N=C(c1cnn(Cc3cccc(C(C)(C)O)c3)c1)C2. The number of rotatable bonds is 6. The maximum Gasteiger partial charge on any atom is 0.260 e. The van der Waals surface area contributed by atoms with Crippen molar-refractivity contribution in [2.45, 2.75) is 52.3 Å². The van der Waals surface area contributed by atoms with Gasteiger partial charge in [-0.3, -0.25) is 18.4 Å². The number of fused-ring (bicyclic) bond motifs is 3. The van der Waals surface area contributed by atoms with E-state index in [4.69, 9.17) is 4.99 Å². The summed E-state index contributed by atoms with van der Waals surface area (Å²) in [5.41, 5.74) is 3.44. The van der Waals surface area contributed by atoms with Gasteiger partial charge in [0.15, 0.2) is 0 Å². The highest BCUT2D eigenvalue weighted by atomic mass is 16.3. The topological polar surface area (TPSA) is 89.7 Å². The Balaban J connectivity index is 1.44.